The molecule has 0 radical (unpaired) electrons. The zero-order valence-electron chi connectivity index (χ0n) is 14.2. The molecule has 4 heteroatoms. The van der Waals surface area contributed by atoms with Crippen LogP contribution in [0.15, 0.2) is 5.38 Å². The Labute approximate surface area is 133 Å². The van der Waals surface area contributed by atoms with Gasteiger partial charge < -0.3 is 10.1 Å². The van der Waals surface area contributed by atoms with E-state index in [4.69, 9.17) is 9.72 Å². The van der Waals surface area contributed by atoms with Crippen molar-refractivity contribution in [2.45, 2.75) is 77.4 Å². The van der Waals surface area contributed by atoms with Crippen molar-refractivity contribution in [2.75, 3.05) is 13.2 Å². The van der Waals surface area contributed by atoms with Gasteiger partial charge in [0.1, 0.15) is 0 Å². The van der Waals surface area contributed by atoms with Gasteiger partial charge in [0.2, 0.25) is 0 Å². The first-order valence-corrected chi connectivity index (χ1v) is 9.05. The van der Waals surface area contributed by atoms with E-state index in [1.165, 1.54) is 17.1 Å². The molecular formula is C17H30N2OS. The smallest absolute Gasteiger partial charge is 0.0945 e. The lowest BCUT2D eigenvalue weighted by Gasteiger charge is -2.33. The molecular weight excluding hydrogens is 280 g/mol. The summed E-state index contributed by atoms with van der Waals surface area (Å²) in [5.74, 6) is 0. The molecule has 0 saturated carbocycles. The van der Waals surface area contributed by atoms with E-state index < -0.39 is 0 Å². The molecule has 0 aliphatic carbocycles. The number of thiazole rings is 1. The van der Waals surface area contributed by atoms with Crippen molar-refractivity contribution in [1.82, 2.24) is 10.3 Å². The van der Waals surface area contributed by atoms with Crippen LogP contribution in [-0.2, 0) is 16.6 Å². The van der Waals surface area contributed by atoms with Crippen LogP contribution in [-0.4, -0.2) is 29.8 Å². The maximum atomic E-state index is 6.06. The number of nitrogens with zero attached hydrogens (tertiary/aromatic N) is 1. The predicted molar refractivity (Wildman–Crippen MR) is 90.2 cm³/mol. The van der Waals surface area contributed by atoms with Crippen LogP contribution < -0.4 is 5.32 Å². The average molecular weight is 311 g/mol. The molecule has 1 aromatic heterocycles. The topological polar surface area (TPSA) is 34.2 Å². The Morgan fingerprint density at radius 1 is 1.48 bits per heavy atom. The molecule has 1 aliphatic heterocycles. The molecule has 0 aromatic carbocycles. The van der Waals surface area contributed by atoms with Gasteiger partial charge in [0, 0.05) is 29.9 Å². The monoisotopic (exact) mass is 310 g/mol. The van der Waals surface area contributed by atoms with Gasteiger partial charge >= 0.3 is 0 Å². The summed E-state index contributed by atoms with van der Waals surface area (Å²) in [5.41, 5.74) is 1.30. The maximum absolute atomic E-state index is 6.06. The average Bonchev–Trinajstić information content (AvgIpc) is 3.03. The van der Waals surface area contributed by atoms with E-state index in [1.54, 1.807) is 11.3 Å². The van der Waals surface area contributed by atoms with Crippen molar-refractivity contribution in [3.63, 3.8) is 0 Å². The summed E-state index contributed by atoms with van der Waals surface area (Å²) in [6.07, 6.45) is 4.44. The quantitative estimate of drug-likeness (QED) is 0.864. The van der Waals surface area contributed by atoms with Crippen molar-refractivity contribution in [1.29, 1.82) is 0 Å². The zero-order chi connectivity index (χ0) is 15.5. The SMILES string of the molecule is CCCNC(Cc1nc(C(C)(C)C)cs1)C1(C)CCCO1. The molecule has 120 valence electrons. The summed E-state index contributed by atoms with van der Waals surface area (Å²) < 4.78 is 6.06. The van der Waals surface area contributed by atoms with Gasteiger partial charge in [-0.2, -0.15) is 0 Å². The molecule has 2 rings (SSSR count). The summed E-state index contributed by atoms with van der Waals surface area (Å²) >= 11 is 1.79. The number of nitrogens with one attached hydrogen (secondary N) is 1. The fraction of sp³-hybridized carbons (Fsp3) is 0.824. The van der Waals surface area contributed by atoms with Crippen LogP contribution in [0.4, 0.5) is 0 Å². The predicted octanol–water partition coefficient (Wildman–Crippen LogP) is 3.92. The van der Waals surface area contributed by atoms with E-state index in [9.17, 15) is 0 Å². The third-order valence-corrected chi connectivity index (χ3v) is 5.20. The van der Waals surface area contributed by atoms with E-state index >= 15 is 0 Å². The van der Waals surface area contributed by atoms with Gasteiger partial charge in [-0.3, -0.25) is 0 Å². The second-order valence-electron chi connectivity index (χ2n) is 7.35. The first-order valence-electron chi connectivity index (χ1n) is 8.17. The highest BCUT2D eigenvalue weighted by Crippen LogP contribution is 2.32. The number of rotatable bonds is 6. The Morgan fingerprint density at radius 2 is 2.24 bits per heavy atom. The Balaban J connectivity index is 2.09. The van der Waals surface area contributed by atoms with Crippen molar-refractivity contribution < 1.29 is 4.74 Å². The van der Waals surface area contributed by atoms with Crippen molar-refractivity contribution in [2.24, 2.45) is 0 Å². The highest BCUT2D eigenvalue weighted by Gasteiger charge is 2.38. The highest BCUT2D eigenvalue weighted by molar-refractivity contribution is 7.09. The lowest BCUT2D eigenvalue weighted by Crippen LogP contribution is -2.50. The molecule has 2 unspecified atom stereocenters. The van der Waals surface area contributed by atoms with Crippen LogP contribution >= 0.6 is 11.3 Å². The summed E-state index contributed by atoms with van der Waals surface area (Å²) in [4.78, 5) is 4.85. The van der Waals surface area contributed by atoms with Crippen molar-refractivity contribution >= 4 is 11.3 Å². The lowest BCUT2D eigenvalue weighted by molar-refractivity contribution is -0.0114. The Hall–Kier alpha value is -0.450. The fourth-order valence-corrected chi connectivity index (χ4v) is 3.89. The number of aromatic nitrogens is 1. The van der Waals surface area contributed by atoms with Gasteiger partial charge in [0.15, 0.2) is 0 Å². The standard InChI is InChI=1S/C17H30N2OS/c1-6-9-18-13(17(5)8-7-10-20-17)11-15-19-14(12-21-15)16(2,3)4/h12-13,18H,6-11H2,1-5H3. The van der Waals surface area contributed by atoms with Crippen molar-refractivity contribution in [3.8, 4) is 0 Å². The molecule has 2 atom stereocenters. The fourth-order valence-electron chi connectivity index (χ4n) is 2.82. The molecule has 1 fully saturated rings. The molecule has 0 spiro atoms. The number of hydrogen-bond donors (Lipinski definition) is 1. The third kappa shape index (κ3) is 4.27. The van der Waals surface area contributed by atoms with Crippen LogP contribution in [0.2, 0.25) is 0 Å². The van der Waals surface area contributed by atoms with E-state index in [-0.39, 0.29) is 11.0 Å². The second-order valence-corrected chi connectivity index (χ2v) is 8.29. The highest BCUT2D eigenvalue weighted by atomic mass is 32.1. The Bertz CT molecular complexity index is 444. The van der Waals surface area contributed by atoms with E-state index in [0.29, 0.717) is 6.04 Å². The minimum absolute atomic E-state index is 0.0390. The van der Waals surface area contributed by atoms with Crippen LogP contribution in [0.5, 0.6) is 0 Å². The molecule has 0 bridgehead atoms. The van der Waals surface area contributed by atoms with Gasteiger partial charge in [0.25, 0.3) is 0 Å². The van der Waals surface area contributed by atoms with Crippen LogP contribution in [0.1, 0.15) is 64.6 Å². The zero-order valence-corrected chi connectivity index (χ0v) is 15.0. The molecule has 1 saturated heterocycles. The van der Waals surface area contributed by atoms with Crippen LogP contribution in [0.3, 0.4) is 0 Å². The summed E-state index contributed by atoms with van der Waals surface area (Å²) in [7, 11) is 0. The molecule has 1 N–H and O–H groups in total. The molecule has 0 amide bonds. The second kappa shape index (κ2) is 6.76. The van der Waals surface area contributed by atoms with Gasteiger partial charge in [0.05, 0.1) is 16.3 Å². The normalized spacial score (nSPS) is 24.4. The minimum atomic E-state index is -0.0390. The summed E-state index contributed by atoms with van der Waals surface area (Å²) in [6, 6.07) is 0.360. The third-order valence-electron chi connectivity index (χ3n) is 4.33. The lowest BCUT2D eigenvalue weighted by atomic mass is 9.90. The summed E-state index contributed by atoms with van der Waals surface area (Å²) in [5, 5.41) is 7.13. The van der Waals surface area contributed by atoms with Crippen molar-refractivity contribution in [3.05, 3.63) is 16.1 Å². The van der Waals surface area contributed by atoms with Gasteiger partial charge in [-0.1, -0.05) is 27.7 Å². The number of hydrogen-bond acceptors (Lipinski definition) is 4. The first kappa shape index (κ1) is 16.9. The Morgan fingerprint density at radius 3 is 2.76 bits per heavy atom. The first-order chi connectivity index (χ1) is 9.85. The molecule has 21 heavy (non-hydrogen) atoms. The minimum Gasteiger partial charge on any atom is -0.374 e. The Kier molecular flexibility index (Phi) is 5.44. The van der Waals surface area contributed by atoms with Gasteiger partial charge in [-0.15, -0.1) is 11.3 Å². The molecule has 2 heterocycles. The van der Waals surface area contributed by atoms with Gasteiger partial charge in [-0.05, 0) is 32.7 Å². The molecule has 1 aliphatic rings. The molecule has 3 nitrogen and oxygen atoms in total. The number of ether oxygens (including phenoxy) is 1. The van der Waals surface area contributed by atoms with Gasteiger partial charge in [-0.25, -0.2) is 4.98 Å². The van der Waals surface area contributed by atoms with Crippen LogP contribution in [0, 0.1) is 0 Å². The van der Waals surface area contributed by atoms with Crippen LogP contribution in [0.25, 0.3) is 0 Å². The van der Waals surface area contributed by atoms with E-state index in [1.807, 2.05) is 0 Å². The maximum Gasteiger partial charge on any atom is 0.0945 e. The largest absolute Gasteiger partial charge is 0.374 e. The van der Waals surface area contributed by atoms with E-state index in [2.05, 4.69) is 45.3 Å². The summed E-state index contributed by atoms with van der Waals surface area (Å²) in [6.45, 7) is 13.1. The molecule has 1 aromatic rings. The van der Waals surface area contributed by atoms with E-state index in [0.717, 1.165) is 32.4 Å².